The molecule has 6 atom stereocenters. The number of fused-ring (bicyclic) bond motifs is 1. The molecule has 0 radical (unpaired) electrons. The molecular weight excluding hydrogens is 468 g/mol. The molecular formula is C31H30O6. The van der Waals surface area contributed by atoms with Crippen LogP contribution >= 0.6 is 0 Å². The van der Waals surface area contributed by atoms with Crippen molar-refractivity contribution >= 4 is 11.8 Å². The average molecular weight is 499 g/mol. The number of Topliss-reactive ketones (excluding diaryl/α,β-unsaturated/α-hetero) is 1. The van der Waals surface area contributed by atoms with Crippen molar-refractivity contribution in [1.82, 2.24) is 0 Å². The van der Waals surface area contributed by atoms with Crippen LogP contribution in [0.25, 0.3) is 11.1 Å². The van der Waals surface area contributed by atoms with Gasteiger partial charge in [-0.15, -0.1) is 0 Å². The molecule has 6 nitrogen and oxygen atoms in total. The number of aliphatic hydroxyl groups excluding tert-OH is 2. The van der Waals surface area contributed by atoms with Crippen LogP contribution in [0.5, 0.6) is 0 Å². The van der Waals surface area contributed by atoms with Gasteiger partial charge in [0.05, 0.1) is 23.7 Å². The van der Waals surface area contributed by atoms with Gasteiger partial charge in [-0.25, -0.2) is 4.79 Å². The summed E-state index contributed by atoms with van der Waals surface area (Å²) >= 11 is 0. The normalized spacial score (nSPS) is 25.8. The van der Waals surface area contributed by atoms with E-state index in [4.69, 9.17) is 9.47 Å². The van der Waals surface area contributed by atoms with E-state index in [1.165, 1.54) is 0 Å². The molecule has 6 heteroatoms. The maximum absolute atomic E-state index is 13.0. The topological polar surface area (TPSA) is 93.1 Å². The lowest BCUT2D eigenvalue weighted by Gasteiger charge is -2.21. The summed E-state index contributed by atoms with van der Waals surface area (Å²) in [6.07, 6.45) is 1.62. The lowest BCUT2D eigenvalue weighted by atomic mass is 9.90. The van der Waals surface area contributed by atoms with Crippen LogP contribution in [0.4, 0.5) is 0 Å². The van der Waals surface area contributed by atoms with E-state index >= 15 is 0 Å². The highest BCUT2D eigenvalue weighted by molar-refractivity contribution is 5.91. The zero-order valence-electron chi connectivity index (χ0n) is 20.4. The Morgan fingerprint density at radius 3 is 2.32 bits per heavy atom. The van der Waals surface area contributed by atoms with Gasteiger partial charge in [0.15, 0.2) is 5.78 Å². The number of hydrogen-bond acceptors (Lipinski definition) is 6. The van der Waals surface area contributed by atoms with E-state index in [0.717, 1.165) is 16.7 Å². The smallest absolute Gasteiger partial charge is 0.338 e. The van der Waals surface area contributed by atoms with Gasteiger partial charge in [0.2, 0.25) is 6.29 Å². The maximum Gasteiger partial charge on any atom is 0.338 e. The van der Waals surface area contributed by atoms with Gasteiger partial charge in [-0.3, -0.25) is 4.79 Å². The quantitative estimate of drug-likeness (QED) is 0.354. The van der Waals surface area contributed by atoms with Gasteiger partial charge in [-0.1, -0.05) is 84.9 Å². The summed E-state index contributed by atoms with van der Waals surface area (Å²) in [7, 11) is 0. The van der Waals surface area contributed by atoms with E-state index in [-0.39, 0.29) is 0 Å². The van der Waals surface area contributed by atoms with Crippen LogP contribution in [0.2, 0.25) is 0 Å². The van der Waals surface area contributed by atoms with Gasteiger partial charge < -0.3 is 19.7 Å². The number of carbonyl (C=O) groups excluding carboxylic acids is 2. The highest BCUT2D eigenvalue weighted by Gasteiger charge is 2.55. The predicted octanol–water partition coefficient (Wildman–Crippen LogP) is 4.35. The zero-order chi connectivity index (χ0) is 25.8. The number of aryl methyl sites for hydroxylation is 1. The number of hydrogen-bond donors (Lipinski definition) is 2. The Morgan fingerprint density at radius 2 is 1.62 bits per heavy atom. The second-order valence-electron chi connectivity index (χ2n) is 9.63. The summed E-state index contributed by atoms with van der Waals surface area (Å²) in [4.78, 5) is 25.6. The highest BCUT2D eigenvalue weighted by Crippen LogP contribution is 2.43. The van der Waals surface area contributed by atoms with E-state index in [1.807, 2.05) is 72.8 Å². The number of ether oxygens (including phenoxy) is 2. The molecule has 3 aromatic carbocycles. The summed E-state index contributed by atoms with van der Waals surface area (Å²) in [6, 6.07) is 27.0. The second-order valence-corrected chi connectivity index (χ2v) is 9.63. The molecule has 5 rings (SSSR count). The van der Waals surface area contributed by atoms with Crippen LogP contribution < -0.4 is 0 Å². The van der Waals surface area contributed by atoms with Gasteiger partial charge in [0.1, 0.15) is 6.10 Å². The third-order valence-electron chi connectivity index (χ3n) is 7.20. The Labute approximate surface area is 216 Å². The average Bonchev–Trinajstić information content (AvgIpc) is 3.41. The molecule has 1 aliphatic carbocycles. The molecule has 1 saturated carbocycles. The summed E-state index contributed by atoms with van der Waals surface area (Å²) in [5, 5.41) is 20.5. The Morgan fingerprint density at radius 1 is 0.973 bits per heavy atom. The van der Waals surface area contributed by atoms with Gasteiger partial charge in [-0.2, -0.15) is 0 Å². The minimum atomic E-state index is -1.46. The SMILES string of the molecule is O=C(OC1CC2OC(O)C(=O)C2C1C=C[C@H](O)CCc1ccccc1)c1ccc(-c2ccccc2)cc1. The Bertz CT molecular complexity index is 1240. The van der Waals surface area contributed by atoms with Crippen molar-refractivity contribution in [2.75, 3.05) is 0 Å². The lowest BCUT2D eigenvalue weighted by molar-refractivity contribution is -0.146. The second kappa shape index (κ2) is 11.2. The van der Waals surface area contributed by atoms with Gasteiger partial charge in [0, 0.05) is 12.3 Å². The molecule has 190 valence electrons. The van der Waals surface area contributed by atoms with Crippen LogP contribution in [0.1, 0.15) is 28.8 Å². The first-order valence-electron chi connectivity index (χ1n) is 12.6. The van der Waals surface area contributed by atoms with Crippen LogP contribution in [0.3, 0.4) is 0 Å². The lowest BCUT2D eigenvalue weighted by Crippen LogP contribution is -2.30. The largest absolute Gasteiger partial charge is 0.458 e. The minimum Gasteiger partial charge on any atom is -0.458 e. The van der Waals surface area contributed by atoms with E-state index in [2.05, 4.69) is 0 Å². The molecule has 1 heterocycles. The van der Waals surface area contributed by atoms with Crippen LogP contribution in [0.15, 0.2) is 97.1 Å². The fraction of sp³-hybridized carbons (Fsp3) is 0.290. The maximum atomic E-state index is 13.0. The van der Waals surface area contributed by atoms with E-state index in [0.29, 0.717) is 24.8 Å². The van der Waals surface area contributed by atoms with E-state index < -0.39 is 48.2 Å². The third kappa shape index (κ3) is 5.72. The number of esters is 1. The van der Waals surface area contributed by atoms with Crippen molar-refractivity contribution in [3.8, 4) is 11.1 Å². The molecule has 0 spiro atoms. The minimum absolute atomic E-state index is 0.302. The molecule has 37 heavy (non-hydrogen) atoms. The molecule has 1 aliphatic heterocycles. The number of aliphatic hydroxyl groups is 2. The van der Waals surface area contributed by atoms with Crippen molar-refractivity contribution in [3.63, 3.8) is 0 Å². The first kappa shape index (κ1) is 25.1. The Hall–Kier alpha value is -3.58. The number of ketones is 1. The van der Waals surface area contributed by atoms with Gasteiger partial charge in [0.25, 0.3) is 0 Å². The molecule has 1 saturated heterocycles. The monoisotopic (exact) mass is 498 g/mol. The van der Waals surface area contributed by atoms with Gasteiger partial charge >= 0.3 is 5.97 Å². The summed E-state index contributed by atoms with van der Waals surface area (Å²) in [6.45, 7) is 0. The van der Waals surface area contributed by atoms with Crippen LogP contribution in [-0.2, 0) is 20.7 Å². The van der Waals surface area contributed by atoms with Crippen LogP contribution in [0, 0.1) is 11.8 Å². The van der Waals surface area contributed by atoms with Crippen molar-refractivity contribution in [2.24, 2.45) is 11.8 Å². The zero-order valence-corrected chi connectivity index (χ0v) is 20.4. The summed E-state index contributed by atoms with van der Waals surface area (Å²) in [5.41, 5.74) is 3.58. The first-order valence-corrected chi connectivity index (χ1v) is 12.6. The predicted molar refractivity (Wildman–Crippen MR) is 138 cm³/mol. The van der Waals surface area contributed by atoms with Crippen molar-refractivity contribution in [3.05, 3.63) is 108 Å². The third-order valence-corrected chi connectivity index (χ3v) is 7.20. The Kier molecular flexibility index (Phi) is 7.60. The van der Waals surface area contributed by atoms with E-state index in [9.17, 15) is 19.8 Å². The number of benzene rings is 3. The summed E-state index contributed by atoms with van der Waals surface area (Å²) < 4.78 is 11.3. The van der Waals surface area contributed by atoms with Gasteiger partial charge in [-0.05, 0) is 41.7 Å². The molecule has 5 unspecified atom stereocenters. The van der Waals surface area contributed by atoms with Crippen LogP contribution in [-0.4, -0.2) is 46.6 Å². The molecule has 2 aliphatic rings. The molecule has 0 amide bonds. The Balaban J connectivity index is 1.27. The fourth-order valence-corrected chi connectivity index (χ4v) is 5.24. The molecule has 3 aromatic rings. The molecule has 0 bridgehead atoms. The standard InChI is InChI=1S/C31H30O6/c32-24(16-11-20-7-3-1-4-8-20)17-18-25-26(19-27-28(25)29(33)31(35)37-27)36-30(34)23-14-12-22(13-15-23)21-9-5-2-6-10-21/h1-10,12-15,17-18,24-28,31-32,35H,11,16,19H2/t24-,25?,26?,27?,28?,31?/m1/s1. The fourth-order valence-electron chi connectivity index (χ4n) is 5.24. The van der Waals surface area contributed by atoms with Crippen molar-refractivity contribution in [1.29, 1.82) is 0 Å². The molecule has 2 N–H and O–H groups in total. The molecule has 0 aromatic heterocycles. The number of rotatable bonds is 8. The summed E-state index contributed by atoms with van der Waals surface area (Å²) in [5.74, 6) is -2.01. The van der Waals surface area contributed by atoms with E-state index in [1.54, 1.807) is 24.3 Å². The highest BCUT2D eigenvalue weighted by atomic mass is 16.6. The first-order chi connectivity index (χ1) is 18.0. The van der Waals surface area contributed by atoms with Crippen molar-refractivity contribution in [2.45, 2.75) is 43.9 Å². The molecule has 2 fully saturated rings. The number of carbonyl (C=O) groups is 2. The van der Waals surface area contributed by atoms with Crippen molar-refractivity contribution < 1.29 is 29.3 Å².